The molecule has 0 unspecified atom stereocenters. The van der Waals surface area contributed by atoms with Crippen LogP contribution >= 0.6 is 0 Å². The number of unbranched alkanes of at least 4 members (excludes halogenated alkanes) is 3. The third-order valence-corrected chi connectivity index (χ3v) is 4.30. The summed E-state index contributed by atoms with van der Waals surface area (Å²) in [5.41, 5.74) is 7.26. The summed E-state index contributed by atoms with van der Waals surface area (Å²) in [6.07, 6.45) is 4.44. The Kier molecular flexibility index (Phi) is 7.69. The molecule has 0 saturated heterocycles. The molecule has 28 heavy (non-hydrogen) atoms. The standard InChI is InChI=1S/C20H27N5O3/c1-5-6-7-8-9-23-19-14(12-21)17(24-20(22)25-19)13-10-15(26-2)18(28-4)16(11-13)27-3/h10-11H,5-9H2,1-4H3,(H3,22,23,24,25). The van der Waals surface area contributed by atoms with Crippen LogP contribution in [0.15, 0.2) is 12.1 Å². The monoisotopic (exact) mass is 385 g/mol. The van der Waals surface area contributed by atoms with E-state index in [9.17, 15) is 5.26 Å². The highest BCUT2D eigenvalue weighted by Gasteiger charge is 2.20. The maximum atomic E-state index is 9.75. The van der Waals surface area contributed by atoms with Gasteiger partial charge in [0.05, 0.1) is 27.0 Å². The number of benzene rings is 1. The lowest BCUT2D eigenvalue weighted by atomic mass is 10.1. The van der Waals surface area contributed by atoms with Crippen LogP contribution in [0.3, 0.4) is 0 Å². The van der Waals surface area contributed by atoms with Crippen LogP contribution in [0.1, 0.15) is 38.2 Å². The number of nitrogens with two attached hydrogens (primary N) is 1. The second-order valence-corrected chi connectivity index (χ2v) is 6.17. The lowest BCUT2D eigenvalue weighted by Gasteiger charge is -2.15. The maximum absolute atomic E-state index is 9.75. The van der Waals surface area contributed by atoms with Crippen LogP contribution in [0, 0.1) is 11.3 Å². The smallest absolute Gasteiger partial charge is 0.222 e. The fourth-order valence-electron chi connectivity index (χ4n) is 2.90. The minimum Gasteiger partial charge on any atom is -0.493 e. The molecule has 0 aliphatic rings. The second-order valence-electron chi connectivity index (χ2n) is 6.17. The number of methoxy groups -OCH3 is 3. The lowest BCUT2D eigenvalue weighted by Crippen LogP contribution is -2.10. The van der Waals surface area contributed by atoms with Gasteiger partial charge >= 0.3 is 0 Å². The zero-order valence-corrected chi connectivity index (χ0v) is 16.8. The van der Waals surface area contributed by atoms with Gasteiger partial charge in [0.1, 0.15) is 17.5 Å². The lowest BCUT2D eigenvalue weighted by molar-refractivity contribution is 0.324. The van der Waals surface area contributed by atoms with Gasteiger partial charge in [0.25, 0.3) is 0 Å². The van der Waals surface area contributed by atoms with E-state index >= 15 is 0 Å². The molecule has 2 aromatic rings. The van der Waals surface area contributed by atoms with E-state index in [4.69, 9.17) is 19.9 Å². The number of hydrogen-bond acceptors (Lipinski definition) is 8. The van der Waals surface area contributed by atoms with Crippen molar-refractivity contribution in [3.8, 4) is 34.6 Å². The van der Waals surface area contributed by atoms with E-state index in [2.05, 4.69) is 28.3 Å². The normalized spacial score (nSPS) is 10.2. The molecule has 0 spiro atoms. The molecule has 2 rings (SSSR count). The predicted octanol–water partition coefficient (Wildman–Crippen LogP) is 3.62. The Labute approximate surface area is 165 Å². The van der Waals surface area contributed by atoms with Crippen LogP contribution in [0.5, 0.6) is 17.2 Å². The first-order valence-corrected chi connectivity index (χ1v) is 9.21. The number of nitrogen functional groups attached to an aromatic ring is 1. The highest BCUT2D eigenvalue weighted by atomic mass is 16.5. The summed E-state index contributed by atoms with van der Waals surface area (Å²) < 4.78 is 16.2. The van der Waals surface area contributed by atoms with Gasteiger partial charge in [-0.3, -0.25) is 0 Å². The van der Waals surface area contributed by atoms with Gasteiger partial charge in [-0.1, -0.05) is 26.2 Å². The minimum absolute atomic E-state index is 0.0822. The quantitative estimate of drug-likeness (QED) is 0.596. The van der Waals surface area contributed by atoms with Crippen LogP contribution in [-0.2, 0) is 0 Å². The van der Waals surface area contributed by atoms with Crippen LogP contribution in [-0.4, -0.2) is 37.8 Å². The Balaban J connectivity index is 2.47. The van der Waals surface area contributed by atoms with Crippen LogP contribution in [0.2, 0.25) is 0 Å². The second kappa shape index (κ2) is 10.2. The summed E-state index contributed by atoms with van der Waals surface area (Å²) in [7, 11) is 4.60. The largest absolute Gasteiger partial charge is 0.493 e. The van der Waals surface area contributed by atoms with E-state index in [1.807, 2.05) is 0 Å². The Morgan fingerprint density at radius 1 is 1.04 bits per heavy atom. The van der Waals surface area contributed by atoms with E-state index in [1.54, 1.807) is 12.1 Å². The molecular weight excluding hydrogens is 358 g/mol. The first-order valence-electron chi connectivity index (χ1n) is 9.21. The number of nitriles is 1. The maximum Gasteiger partial charge on any atom is 0.222 e. The van der Waals surface area contributed by atoms with Gasteiger partial charge in [-0.15, -0.1) is 0 Å². The van der Waals surface area contributed by atoms with E-state index in [0.717, 1.165) is 19.3 Å². The number of nitrogens with one attached hydrogen (secondary N) is 1. The average molecular weight is 385 g/mol. The highest BCUT2D eigenvalue weighted by molar-refractivity contribution is 5.77. The van der Waals surface area contributed by atoms with Crippen molar-refractivity contribution in [3.05, 3.63) is 17.7 Å². The van der Waals surface area contributed by atoms with Crippen molar-refractivity contribution in [2.45, 2.75) is 32.6 Å². The number of nitrogens with zero attached hydrogens (tertiary/aromatic N) is 3. The molecule has 0 saturated carbocycles. The summed E-state index contributed by atoms with van der Waals surface area (Å²) in [4.78, 5) is 8.50. The molecule has 8 nitrogen and oxygen atoms in total. The SMILES string of the molecule is CCCCCCNc1nc(N)nc(-c2cc(OC)c(OC)c(OC)c2)c1C#N. The first-order chi connectivity index (χ1) is 13.6. The topological polar surface area (TPSA) is 115 Å². The highest BCUT2D eigenvalue weighted by Crippen LogP contribution is 2.42. The Bertz CT molecular complexity index is 823. The third kappa shape index (κ3) is 4.74. The molecule has 0 aliphatic heterocycles. The van der Waals surface area contributed by atoms with Gasteiger partial charge < -0.3 is 25.3 Å². The number of aromatic nitrogens is 2. The van der Waals surface area contributed by atoms with Crippen molar-refractivity contribution in [2.75, 3.05) is 38.9 Å². The minimum atomic E-state index is 0.0822. The van der Waals surface area contributed by atoms with Crippen molar-refractivity contribution in [1.29, 1.82) is 5.26 Å². The van der Waals surface area contributed by atoms with Crippen LogP contribution in [0.4, 0.5) is 11.8 Å². The van der Waals surface area contributed by atoms with Gasteiger partial charge in [-0.25, -0.2) is 4.98 Å². The summed E-state index contributed by atoms with van der Waals surface area (Å²) >= 11 is 0. The molecule has 150 valence electrons. The molecule has 0 aliphatic carbocycles. The van der Waals surface area contributed by atoms with Crippen LogP contribution in [0.25, 0.3) is 11.3 Å². The molecule has 1 heterocycles. The predicted molar refractivity (Wildman–Crippen MR) is 109 cm³/mol. The molecule has 0 amide bonds. The van der Waals surface area contributed by atoms with Gasteiger partial charge in [-0.2, -0.15) is 10.2 Å². The van der Waals surface area contributed by atoms with Crippen molar-refractivity contribution < 1.29 is 14.2 Å². The number of rotatable bonds is 10. The molecule has 0 bridgehead atoms. The molecule has 8 heteroatoms. The van der Waals surface area contributed by atoms with Crippen LogP contribution < -0.4 is 25.3 Å². The fourth-order valence-corrected chi connectivity index (χ4v) is 2.90. The summed E-state index contributed by atoms with van der Waals surface area (Å²) in [5.74, 6) is 1.90. The van der Waals surface area contributed by atoms with E-state index in [-0.39, 0.29) is 5.95 Å². The number of anilines is 2. The van der Waals surface area contributed by atoms with Crippen molar-refractivity contribution in [2.24, 2.45) is 0 Å². The number of hydrogen-bond donors (Lipinski definition) is 2. The van der Waals surface area contributed by atoms with Crippen molar-refractivity contribution in [3.63, 3.8) is 0 Å². The van der Waals surface area contributed by atoms with Gasteiger partial charge in [0.15, 0.2) is 11.5 Å². The van der Waals surface area contributed by atoms with Gasteiger partial charge in [0.2, 0.25) is 11.7 Å². The van der Waals surface area contributed by atoms with E-state index < -0.39 is 0 Å². The molecule has 0 fully saturated rings. The van der Waals surface area contributed by atoms with Gasteiger partial charge in [0, 0.05) is 12.1 Å². The van der Waals surface area contributed by atoms with Crippen molar-refractivity contribution >= 4 is 11.8 Å². The molecule has 0 atom stereocenters. The molecule has 1 aromatic heterocycles. The fraction of sp³-hybridized carbons (Fsp3) is 0.450. The molecule has 1 aromatic carbocycles. The van der Waals surface area contributed by atoms with Gasteiger partial charge in [-0.05, 0) is 18.6 Å². The van der Waals surface area contributed by atoms with E-state index in [0.29, 0.717) is 46.4 Å². The Morgan fingerprint density at radius 2 is 1.71 bits per heavy atom. The first kappa shape index (κ1) is 21.1. The Morgan fingerprint density at radius 3 is 2.25 bits per heavy atom. The summed E-state index contributed by atoms with van der Waals surface area (Å²) in [6.45, 7) is 2.87. The number of ether oxygens (including phenoxy) is 3. The van der Waals surface area contributed by atoms with Crippen molar-refractivity contribution in [1.82, 2.24) is 9.97 Å². The van der Waals surface area contributed by atoms with E-state index in [1.165, 1.54) is 27.8 Å². The zero-order valence-electron chi connectivity index (χ0n) is 16.8. The zero-order chi connectivity index (χ0) is 20.5. The average Bonchev–Trinajstić information content (AvgIpc) is 2.71. The molecular formula is C20H27N5O3. The third-order valence-electron chi connectivity index (χ3n) is 4.30. The molecule has 3 N–H and O–H groups in total. The summed E-state index contributed by atoms with van der Waals surface area (Å²) in [6, 6.07) is 5.65. The molecule has 0 radical (unpaired) electrons. The summed E-state index contributed by atoms with van der Waals surface area (Å²) in [5, 5.41) is 13.0. The Hall–Kier alpha value is -3.21.